The molecule has 0 saturated carbocycles. The van der Waals surface area contributed by atoms with Crippen LogP contribution in [0.25, 0.3) is 5.57 Å². The summed E-state index contributed by atoms with van der Waals surface area (Å²) >= 11 is 0. The minimum Gasteiger partial charge on any atom is -0.351 e. The Kier molecular flexibility index (Phi) is 5.19. The van der Waals surface area contributed by atoms with Crippen molar-refractivity contribution < 1.29 is 9.59 Å². The van der Waals surface area contributed by atoms with Gasteiger partial charge in [0.05, 0.1) is 11.7 Å². The maximum atomic E-state index is 12.7. The Balaban J connectivity index is 1.34. The van der Waals surface area contributed by atoms with Gasteiger partial charge in [-0.3, -0.25) is 9.78 Å². The van der Waals surface area contributed by atoms with Gasteiger partial charge in [0.25, 0.3) is 5.91 Å². The number of hydrogen-bond acceptors (Lipinski definition) is 3. The van der Waals surface area contributed by atoms with Crippen molar-refractivity contribution in [2.45, 2.75) is 19.0 Å². The molecule has 160 valence electrons. The van der Waals surface area contributed by atoms with Crippen molar-refractivity contribution in [3.05, 3.63) is 107 Å². The second-order valence-electron chi connectivity index (χ2n) is 8.14. The quantitative estimate of drug-likeness (QED) is 0.690. The van der Waals surface area contributed by atoms with E-state index in [2.05, 4.69) is 6.08 Å². The van der Waals surface area contributed by atoms with Crippen LogP contribution in [0.2, 0.25) is 0 Å². The first-order valence-electron chi connectivity index (χ1n) is 10.8. The standard InChI is InChI=1S/C26H24N4O2/c27-26(32)30-17-21-8-4-5-9-22(21)24(30)20-10-11-23(28-16-20)18-12-14-29(15-13-18)25(31)19-6-2-1-3-7-19/h1-12,16,24H,13-15,17H2,(H2,27,32). The van der Waals surface area contributed by atoms with Crippen LogP contribution in [0.1, 0.15) is 45.2 Å². The van der Waals surface area contributed by atoms with E-state index in [1.807, 2.05) is 77.8 Å². The van der Waals surface area contributed by atoms with Crippen LogP contribution in [0.4, 0.5) is 4.79 Å². The summed E-state index contributed by atoms with van der Waals surface area (Å²) < 4.78 is 0. The molecule has 2 aliphatic rings. The van der Waals surface area contributed by atoms with E-state index >= 15 is 0 Å². The third-order valence-electron chi connectivity index (χ3n) is 6.23. The van der Waals surface area contributed by atoms with Crippen molar-refractivity contribution in [2.75, 3.05) is 13.1 Å². The Morgan fingerprint density at radius 1 is 0.969 bits per heavy atom. The fraction of sp³-hybridized carbons (Fsp3) is 0.192. The smallest absolute Gasteiger partial charge is 0.315 e. The van der Waals surface area contributed by atoms with E-state index in [-0.39, 0.29) is 11.9 Å². The molecule has 6 nitrogen and oxygen atoms in total. The number of amides is 3. The number of urea groups is 1. The summed E-state index contributed by atoms with van der Waals surface area (Å²) in [5, 5.41) is 0. The molecule has 0 radical (unpaired) electrons. The van der Waals surface area contributed by atoms with E-state index in [4.69, 9.17) is 10.7 Å². The van der Waals surface area contributed by atoms with Crippen molar-refractivity contribution in [3.63, 3.8) is 0 Å². The maximum absolute atomic E-state index is 12.7. The molecule has 3 heterocycles. The van der Waals surface area contributed by atoms with Crippen molar-refractivity contribution in [3.8, 4) is 0 Å². The second kappa shape index (κ2) is 8.30. The monoisotopic (exact) mass is 424 g/mol. The van der Waals surface area contributed by atoms with Crippen molar-refractivity contribution in [1.82, 2.24) is 14.8 Å². The molecule has 0 bridgehead atoms. The zero-order valence-electron chi connectivity index (χ0n) is 17.6. The number of pyridine rings is 1. The van der Waals surface area contributed by atoms with Gasteiger partial charge in [-0.05, 0) is 46.9 Å². The highest BCUT2D eigenvalue weighted by Gasteiger charge is 2.33. The molecule has 3 aromatic rings. The van der Waals surface area contributed by atoms with Gasteiger partial charge in [0.2, 0.25) is 0 Å². The molecule has 2 aliphatic heterocycles. The molecule has 0 aliphatic carbocycles. The topological polar surface area (TPSA) is 79.5 Å². The zero-order valence-corrected chi connectivity index (χ0v) is 17.6. The molecule has 0 spiro atoms. The Labute approximate surface area is 187 Å². The largest absolute Gasteiger partial charge is 0.351 e. The van der Waals surface area contributed by atoms with E-state index in [1.54, 1.807) is 4.90 Å². The van der Waals surface area contributed by atoms with Crippen LogP contribution in [0, 0.1) is 0 Å². The average molecular weight is 425 g/mol. The molecule has 0 saturated heterocycles. The van der Waals surface area contributed by atoms with Gasteiger partial charge < -0.3 is 15.5 Å². The van der Waals surface area contributed by atoms with Crippen LogP contribution >= 0.6 is 0 Å². The Morgan fingerprint density at radius 2 is 1.75 bits per heavy atom. The highest BCUT2D eigenvalue weighted by Crippen LogP contribution is 2.38. The predicted molar refractivity (Wildman–Crippen MR) is 123 cm³/mol. The minimum atomic E-state index is -0.437. The SMILES string of the molecule is NC(=O)N1Cc2ccccc2C1c1ccc(C2=CCN(C(=O)c3ccccc3)CC2)nc1. The number of primary amides is 1. The van der Waals surface area contributed by atoms with Crippen LogP contribution in [0.3, 0.4) is 0 Å². The van der Waals surface area contributed by atoms with Gasteiger partial charge in [0.15, 0.2) is 0 Å². The highest BCUT2D eigenvalue weighted by molar-refractivity contribution is 5.94. The van der Waals surface area contributed by atoms with Crippen molar-refractivity contribution >= 4 is 17.5 Å². The van der Waals surface area contributed by atoms with Gasteiger partial charge in [-0.15, -0.1) is 0 Å². The lowest BCUT2D eigenvalue weighted by atomic mass is 9.98. The van der Waals surface area contributed by atoms with Crippen LogP contribution in [0.15, 0.2) is 79.0 Å². The van der Waals surface area contributed by atoms with E-state index in [9.17, 15) is 9.59 Å². The number of nitrogens with two attached hydrogens (primary N) is 1. The van der Waals surface area contributed by atoms with Crippen molar-refractivity contribution in [1.29, 1.82) is 0 Å². The number of carbonyl (C=O) groups is 2. The van der Waals surface area contributed by atoms with Gasteiger partial charge in [-0.25, -0.2) is 4.79 Å². The molecule has 5 rings (SSSR count). The lowest BCUT2D eigenvalue weighted by molar-refractivity contribution is 0.0773. The van der Waals surface area contributed by atoms with Crippen molar-refractivity contribution in [2.24, 2.45) is 5.73 Å². The van der Waals surface area contributed by atoms with Crippen LogP contribution in [-0.2, 0) is 6.54 Å². The summed E-state index contributed by atoms with van der Waals surface area (Å²) in [6.45, 7) is 1.74. The molecule has 3 amide bonds. The second-order valence-corrected chi connectivity index (χ2v) is 8.14. The summed E-state index contributed by atoms with van der Waals surface area (Å²) in [6, 6.07) is 20.8. The van der Waals surface area contributed by atoms with Gasteiger partial charge in [-0.2, -0.15) is 0 Å². The highest BCUT2D eigenvalue weighted by atomic mass is 16.2. The number of fused-ring (bicyclic) bond motifs is 1. The maximum Gasteiger partial charge on any atom is 0.315 e. The summed E-state index contributed by atoms with van der Waals surface area (Å²) in [4.78, 5) is 32.9. The van der Waals surface area contributed by atoms with Gasteiger partial charge in [-0.1, -0.05) is 54.6 Å². The van der Waals surface area contributed by atoms with E-state index < -0.39 is 6.03 Å². The zero-order chi connectivity index (χ0) is 22.1. The summed E-state index contributed by atoms with van der Waals surface area (Å²) in [6.07, 6.45) is 4.66. The molecule has 1 unspecified atom stereocenters. The third kappa shape index (κ3) is 3.64. The lowest BCUT2D eigenvalue weighted by Gasteiger charge is -2.27. The molecule has 1 aromatic heterocycles. The molecule has 0 fully saturated rings. The third-order valence-corrected chi connectivity index (χ3v) is 6.23. The van der Waals surface area contributed by atoms with Crippen LogP contribution < -0.4 is 5.73 Å². The first-order chi connectivity index (χ1) is 15.6. The van der Waals surface area contributed by atoms with Gasteiger partial charge in [0.1, 0.15) is 0 Å². The molecule has 6 heteroatoms. The first kappa shape index (κ1) is 20.0. The van der Waals surface area contributed by atoms with Gasteiger partial charge >= 0.3 is 6.03 Å². The summed E-state index contributed by atoms with van der Waals surface area (Å²) in [5.41, 5.74) is 11.5. The van der Waals surface area contributed by atoms with E-state index in [0.29, 0.717) is 25.2 Å². The average Bonchev–Trinajstić information content (AvgIpc) is 3.24. The number of rotatable bonds is 3. The number of benzene rings is 2. The molecular weight excluding hydrogens is 400 g/mol. The minimum absolute atomic E-state index is 0.0515. The number of nitrogens with zero attached hydrogens (tertiary/aromatic N) is 3. The van der Waals surface area contributed by atoms with Crippen LogP contribution in [0.5, 0.6) is 0 Å². The fourth-order valence-corrected chi connectivity index (χ4v) is 4.56. The van der Waals surface area contributed by atoms with E-state index in [1.165, 1.54) is 0 Å². The summed E-state index contributed by atoms with van der Waals surface area (Å²) in [7, 11) is 0. The fourth-order valence-electron chi connectivity index (χ4n) is 4.56. The predicted octanol–water partition coefficient (Wildman–Crippen LogP) is 3.99. The number of hydrogen-bond donors (Lipinski definition) is 1. The Morgan fingerprint density at radius 3 is 2.44 bits per heavy atom. The molecular formula is C26H24N4O2. The Bertz CT molecular complexity index is 1190. The van der Waals surface area contributed by atoms with Crippen LogP contribution in [-0.4, -0.2) is 39.8 Å². The molecule has 2 N–H and O–H groups in total. The Hall–Kier alpha value is -3.93. The lowest BCUT2D eigenvalue weighted by Crippen LogP contribution is -2.35. The molecule has 32 heavy (non-hydrogen) atoms. The van der Waals surface area contributed by atoms with Gasteiger partial charge in [0, 0.05) is 31.4 Å². The normalized spacial score (nSPS) is 17.6. The number of aromatic nitrogens is 1. The molecule has 2 aromatic carbocycles. The summed E-state index contributed by atoms with van der Waals surface area (Å²) in [5.74, 6) is 0.0515. The van der Waals surface area contributed by atoms with E-state index in [0.717, 1.165) is 34.4 Å². The molecule has 1 atom stereocenters. The number of carbonyl (C=O) groups excluding carboxylic acids is 2. The first-order valence-corrected chi connectivity index (χ1v) is 10.8.